The van der Waals surface area contributed by atoms with Gasteiger partial charge in [0.1, 0.15) is 5.57 Å². The summed E-state index contributed by atoms with van der Waals surface area (Å²) < 4.78 is 5.69. The first-order chi connectivity index (χ1) is 14.1. The largest absolute Gasteiger partial charge is 0.422 e. The summed E-state index contributed by atoms with van der Waals surface area (Å²) in [4.78, 5) is 21.4. The number of primary amides is 1. The summed E-state index contributed by atoms with van der Waals surface area (Å²) in [6, 6.07) is 23.4. The molecule has 0 unspecified atom stereocenters. The van der Waals surface area contributed by atoms with Crippen molar-refractivity contribution in [2.24, 2.45) is 11.5 Å². The highest BCUT2D eigenvalue weighted by atomic mass is 16.5. The van der Waals surface area contributed by atoms with Gasteiger partial charge in [-0.2, -0.15) is 0 Å². The third-order valence-corrected chi connectivity index (χ3v) is 4.85. The molecular formula is C23H16N4O2. The van der Waals surface area contributed by atoms with Gasteiger partial charge in [0.15, 0.2) is 0 Å². The molecule has 4 N–H and O–H groups in total. The second-order valence-electron chi connectivity index (χ2n) is 6.70. The molecule has 1 aliphatic heterocycles. The number of hydrogen-bond acceptors (Lipinski definition) is 5. The van der Waals surface area contributed by atoms with Crippen LogP contribution in [-0.4, -0.2) is 15.9 Å². The van der Waals surface area contributed by atoms with Gasteiger partial charge in [-0.25, -0.2) is 9.97 Å². The average molecular weight is 380 g/mol. The van der Waals surface area contributed by atoms with E-state index < -0.39 is 5.91 Å². The second kappa shape index (κ2) is 6.45. The van der Waals surface area contributed by atoms with Gasteiger partial charge in [-0.15, -0.1) is 0 Å². The maximum Gasteiger partial charge on any atom is 0.256 e. The van der Waals surface area contributed by atoms with Crippen LogP contribution in [0.3, 0.4) is 0 Å². The van der Waals surface area contributed by atoms with Crippen LogP contribution in [0, 0.1) is 0 Å². The highest BCUT2D eigenvalue weighted by molar-refractivity contribution is 6.23. The molecule has 6 heteroatoms. The summed E-state index contributed by atoms with van der Waals surface area (Å²) >= 11 is 0. The minimum Gasteiger partial charge on any atom is -0.422 e. The van der Waals surface area contributed by atoms with E-state index >= 15 is 0 Å². The number of rotatable bonds is 3. The number of pyridine rings is 2. The van der Waals surface area contributed by atoms with Crippen molar-refractivity contribution in [2.45, 2.75) is 0 Å². The zero-order valence-electron chi connectivity index (χ0n) is 15.3. The Morgan fingerprint density at radius 1 is 0.828 bits per heavy atom. The van der Waals surface area contributed by atoms with Crippen LogP contribution >= 0.6 is 0 Å². The van der Waals surface area contributed by atoms with E-state index in [2.05, 4.69) is 4.98 Å². The van der Waals surface area contributed by atoms with Gasteiger partial charge >= 0.3 is 0 Å². The second-order valence-corrected chi connectivity index (χ2v) is 6.70. The van der Waals surface area contributed by atoms with Crippen LogP contribution in [0.4, 0.5) is 0 Å². The third-order valence-electron chi connectivity index (χ3n) is 4.85. The first kappa shape index (κ1) is 16.9. The predicted octanol–water partition coefficient (Wildman–Crippen LogP) is 3.47. The van der Waals surface area contributed by atoms with Crippen molar-refractivity contribution in [3.05, 3.63) is 84.4 Å². The lowest BCUT2D eigenvalue weighted by Gasteiger charge is -2.20. The lowest BCUT2D eigenvalue weighted by atomic mass is 9.99. The molecule has 0 atom stereocenters. The molecule has 0 aliphatic carbocycles. The number of hydrogen-bond donors (Lipinski definition) is 2. The molecule has 0 bridgehead atoms. The molecule has 4 aromatic rings. The molecule has 0 radical (unpaired) electrons. The van der Waals surface area contributed by atoms with Crippen LogP contribution in [0.2, 0.25) is 0 Å². The lowest BCUT2D eigenvalue weighted by molar-refractivity contribution is -0.112. The van der Waals surface area contributed by atoms with Crippen LogP contribution in [0.1, 0.15) is 5.69 Å². The highest BCUT2D eigenvalue weighted by Crippen LogP contribution is 2.39. The molecule has 0 saturated heterocycles. The Morgan fingerprint density at radius 2 is 1.38 bits per heavy atom. The zero-order valence-corrected chi connectivity index (χ0v) is 15.3. The molecule has 0 spiro atoms. The van der Waals surface area contributed by atoms with Gasteiger partial charge < -0.3 is 16.2 Å². The molecule has 29 heavy (non-hydrogen) atoms. The number of aromatic nitrogens is 2. The molecular weight excluding hydrogens is 364 g/mol. The number of nitrogens with two attached hydrogens (primary N) is 2. The van der Waals surface area contributed by atoms with Crippen molar-refractivity contribution >= 4 is 22.3 Å². The fraction of sp³-hybridized carbons (Fsp3) is 0. The number of amides is 1. The van der Waals surface area contributed by atoms with Crippen molar-refractivity contribution in [1.29, 1.82) is 0 Å². The van der Waals surface area contributed by atoms with Gasteiger partial charge in [0.25, 0.3) is 5.91 Å². The minimum absolute atomic E-state index is 0.0644. The molecule has 1 amide bonds. The van der Waals surface area contributed by atoms with Gasteiger partial charge in [0, 0.05) is 11.1 Å². The summed E-state index contributed by atoms with van der Waals surface area (Å²) in [6.07, 6.45) is 0. The van der Waals surface area contributed by atoms with E-state index in [1.807, 2.05) is 72.8 Å². The molecule has 140 valence electrons. The van der Waals surface area contributed by atoms with Crippen LogP contribution < -0.4 is 16.2 Å². The summed E-state index contributed by atoms with van der Waals surface area (Å²) in [5, 5.41) is 1.45. The first-order valence-electron chi connectivity index (χ1n) is 9.06. The summed E-state index contributed by atoms with van der Waals surface area (Å²) in [5.41, 5.74) is 15.4. The Kier molecular flexibility index (Phi) is 3.77. The number of benzene rings is 2. The van der Waals surface area contributed by atoms with E-state index in [0.29, 0.717) is 22.7 Å². The van der Waals surface area contributed by atoms with Crippen LogP contribution in [-0.2, 0) is 4.79 Å². The van der Waals surface area contributed by atoms with E-state index in [4.69, 9.17) is 21.2 Å². The Morgan fingerprint density at radius 3 is 1.93 bits per heavy atom. The fourth-order valence-corrected chi connectivity index (χ4v) is 3.53. The first-order valence-corrected chi connectivity index (χ1v) is 9.06. The van der Waals surface area contributed by atoms with Crippen LogP contribution in [0.25, 0.3) is 38.9 Å². The quantitative estimate of drug-likeness (QED) is 0.566. The predicted molar refractivity (Wildman–Crippen MR) is 111 cm³/mol. The SMILES string of the molecule is NC(=O)C1=C(N)Oc2nc(-c3ccccc3)cc3cc(-c4ccccc4)nc1c23. The van der Waals surface area contributed by atoms with Crippen molar-refractivity contribution in [3.63, 3.8) is 0 Å². The lowest BCUT2D eigenvalue weighted by Crippen LogP contribution is -2.24. The molecule has 2 aromatic carbocycles. The molecule has 3 heterocycles. The Bertz CT molecular complexity index is 1290. The van der Waals surface area contributed by atoms with Crippen molar-refractivity contribution < 1.29 is 9.53 Å². The number of ether oxygens (including phenoxy) is 1. The molecule has 5 rings (SSSR count). The van der Waals surface area contributed by atoms with E-state index in [1.165, 1.54) is 0 Å². The monoisotopic (exact) mass is 380 g/mol. The van der Waals surface area contributed by atoms with Crippen LogP contribution in [0.15, 0.2) is 78.7 Å². The highest BCUT2D eigenvalue weighted by Gasteiger charge is 2.28. The smallest absolute Gasteiger partial charge is 0.256 e. The number of nitrogens with zero attached hydrogens (tertiary/aromatic N) is 2. The van der Waals surface area contributed by atoms with Gasteiger partial charge in [-0.3, -0.25) is 4.79 Å². The Hall–Kier alpha value is -4.19. The van der Waals surface area contributed by atoms with Gasteiger partial charge in [0.2, 0.25) is 11.8 Å². The normalized spacial score (nSPS) is 12.7. The summed E-state index contributed by atoms with van der Waals surface area (Å²) in [5.74, 6) is -0.480. The van der Waals surface area contributed by atoms with Gasteiger partial charge in [0.05, 0.1) is 22.5 Å². The standard InChI is InChI=1S/C23H16N4O2/c24-21(28)19-20-18-15(11-16(26-20)13-7-3-1-4-8-13)12-17(14-9-5-2-6-10-14)27-23(18)29-22(19)25/h1-12H,25H2,(H2,24,28). The maximum atomic E-state index is 12.1. The van der Waals surface area contributed by atoms with Crippen LogP contribution in [0.5, 0.6) is 5.88 Å². The zero-order chi connectivity index (χ0) is 20.0. The summed E-state index contributed by atoms with van der Waals surface area (Å²) in [7, 11) is 0. The van der Waals surface area contributed by atoms with E-state index in [9.17, 15) is 4.79 Å². The number of carbonyl (C=O) groups excluding carboxylic acids is 1. The van der Waals surface area contributed by atoms with Crippen molar-refractivity contribution in [3.8, 4) is 28.4 Å². The Balaban J connectivity index is 1.85. The van der Waals surface area contributed by atoms with E-state index in [0.717, 1.165) is 22.2 Å². The number of carbonyl (C=O) groups is 1. The molecule has 0 fully saturated rings. The van der Waals surface area contributed by atoms with Crippen molar-refractivity contribution in [1.82, 2.24) is 9.97 Å². The molecule has 1 aliphatic rings. The average Bonchev–Trinajstić information content (AvgIpc) is 2.74. The maximum absolute atomic E-state index is 12.1. The fourth-order valence-electron chi connectivity index (χ4n) is 3.53. The summed E-state index contributed by atoms with van der Waals surface area (Å²) in [6.45, 7) is 0. The third kappa shape index (κ3) is 2.78. The Labute approximate surface area is 166 Å². The molecule has 0 saturated carbocycles. The van der Waals surface area contributed by atoms with Gasteiger partial charge in [-0.1, -0.05) is 60.7 Å². The molecule has 6 nitrogen and oxygen atoms in total. The van der Waals surface area contributed by atoms with Crippen molar-refractivity contribution in [2.75, 3.05) is 0 Å². The van der Waals surface area contributed by atoms with Gasteiger partial charge in [-0.05, 0) is 17.5 Å². The molecule has 2 aromatic heterocycles. The topological polar surface area (TPSA) is 104 Å². The van der Waals surface area contributed by atoms with E-state index in [-0.39, 0.29) is 11.5 Å². The van der Waals surface area contributed by atoms with E-state index in [1.54, 1.807) is 0 Å². The minimum atomic E-state index is -0.695.